The third kappa shape index (κ3) is 2.95. The molecule has 0 unspecified atom stereocenters. The first kappa shape index (κ1) is 12.7. The highest BCUT2D eigenvalue weighted by atomic mass is 19.1. The second-order valence-corrected chi connectivity index (χ2v) is 3.49. The van der Waals surface area contributed by atoms with Gasteiger partial charge in [-0.05, 0) is 12.1 Å². The van der Waals surface area contributed by atoms with E-state index in [9.17, 15) is 14.5 Å². The Morgan fingerprint density at radius 2 is 2.05 bits per heavy atom. The number of aromatic nitrogens is 1. The molecule has 98 valence electrons. The van der Waals surface area contributed by atoms with Crippen LogP contribution in [-0.4, -0.2) is 17.0 Å². The zero-order chi connectivity index (χ0) is 13.8. The minimum absolute atomic E-state index is 0.0150. The number of pyridine rings is 1. The van der Waals surface area contributed by atoms with Gasteiger partial charge >= 0.3 is 0 Å². The molecule has 6 nitrogen and oxygen atoms in total. The van der Waals surface area contributed by atoms with Gasteiger partial charge in [0.15, 0.2) is 11.5 Å². The number of nitro benzene ring substituents is 1. The molecular weight excluding hydrogens is 255 g/mol. The number of hydrogen-bond donors (Lipinski definition) is 0. The van der Waals surface area contributed by atoms with Crippen LogP contribution in [-0.2, 0) is 0 Å². The van der Waals surface area contributed by atoms with Gasteiger partial charge in [-0.2, -0.15) is 9.37 Å². The zero-order valence-electron chi connectivity index (χ0n) is 9.87. The summed E-state index contributed by atoms with van der Waals surface area (Å²) in [6.45, 7) is 0. The van der Waals surface area contributed by atoms with Crippen LogP contribution in [0.4, 0.5) is 10.1 Å². The van der Waals surface area contributed by atoms with Crippen molar-refractivity contribution in [2.45, 2.75) is 0 Å². The number of ether oxygens (including phenoxy) is 2. The van der Waals surface area contributed by atoms with Gasteiger partial charge in [-0.3, -0.25) is 10.1 Å². The summed E-state index contributed by atoms with van der Waals surface area (Å²) in [4.78, 5) is 13.6. The molecule has 0 saturated carbocycles. The highest BCUT2D eigenvalue weighted by Gasteiger charge is 2.13. The van der Waals surface area contributed by atoms with E-state index in [1.54, 1.807) is 0 Å². The molecule has 1 aromatic heterocycles. The van der Waals surface area contributed by atoms with Crippen LogP contribution < -0.4 is 9.47 Å². The molecule has 1 heterocycles. The standard InChI is InChI=1S/C12H9FN2O4/c1-18-9-6-5-8(15(16)17)7-10(9)19-12-4-2-3-11(13)14-12/h2-7H,1H3. The highest BCUT2D eigenvalue weighted by molar-refractivity contribution is 5.49. The van der Waals surface area contributed by atoms with E-state index in [-0.39, 0.29) is 23.1 Å². The second kappa shape index (κ2) is 5.30. The molecular formula is C12H9FN2O4. The van der Waals surface area contributed by atoms with Gasteiger partial charge in [-0.1, -0.05) is 6.07 Å². The molecule has 19 heavy (non-hydrogen) atoms. The molecule has 0 aliphatic carbocycles. The lowest BCUT2D eigenvalue weighted by Crippen LogP contribution is -1.95. The van der Waals surface area contributed by atoms with Gasteiger partial charge in [-0.25, -0.2) is 0 Å². The van der Waals surface area contributed by atoms with Crippen molar-refractivity contribution in [3.05, 3.63) is 52.5 Å². The summed E-state index contributed by atoms with van der Waals surface area (Å²) >= 11 is 0. The summed E-state index contributed by atoms with van der Waals surface area (Å²) in [5.41, 5.74) is -0.160. The summed E-state index contributed by atoms with van der Waals surface area (Å²) in [6, 6.07) is 7.88. The third-order valence-corrected chi connectivity index (χ3v) is 2.26. The Morgan fingerprint density at radius 3 is 2.68 bits per heavy atom. The molecule has 0 spiro atoms. The van der Waals surface area contributed by atoms with Crippen LogP contribution >= 0.6 is 0 Å². The van der Waals surface area contributed by atoms with E-state index in [4.69, 9.17) is 9.47 Å². The van der Waals surface area contributed by atoms with Crippen LogP contribution in [0.3, 0.4) is 0 Å². The monoisotopic (exact) mass is 264 g/mol. The first-order valence-electron chi connectivity index (χ1n) is 5.23. The van der Waals surface area contributed by atoms with Crippen molar-refractivity contribution in [3.8, 4) is 17.4 Å². The van der Waals surface area contributed by atoms with E-state index in [0.29, 0.717) is 0 Å². The summed E-state index contributed by atoms with van der Waals surface area (Å²) in [6.07, 6.45) is 0. The van der Waals surface area contributed by atoms with E-state index in [1.807, 2.05) is 0 Å². The van der Waals surface area contributed by atoms with Crippen molar-refractivity contribution < 1.29 is 18.8 Å². The molecule has 2 aromatic rings. The van der Waals surface area contributed by atoms with Gasteiger partial charge < -0.3 is 9.47 Å². The zero-order valence-corrected chi connectivity index (χ0v) is 9.87. The molecule has 0 fully saturated rings. The van der Waals surface area contributed by atoms with Crippen LogP contribution in [0.5, 0.6) is 17.4 Å². The smallest absolute Gasteiger partial charge is 0.273 e. The number of non-ortho nitro benzene ring substituents is 1. The van der Waals surface area contributed by atoms with Crippen LogP contribution in [0.15, 0.2) is 36.4 Å². The number of nitro groups is 1. The van der Waals surface area contributed by atoms with Crippen molar-refractivity contribution in [1.29, 1.82) is 0 Å². The minimum Gasteiger partial charge on any atom is -0.493 e. The van der Waals surface area contributed by atoms with Crippen molar-refractivity contribution in [2.24, 2.45) is 0 Å². The summed E-state index contributed by atoms with van der Waals surface area (Å²) in [5, 5.41) is 10.7. The van der Waals surface area contributed by atoms with Gasteiger partial charge in [0.05, 0.1) is 18.1 Å². The maximum Gasteiger partial charge on any atom is 0.273 e. The maximum absolute atomic E-state index is 12.9. The number of nitrogens with zero attached hydrogens (tertiary/aromatic N) is 2. The van der Waals surface area contributed by atoms with Gasteiger partial charge in [0.25, 0.3) is 5.69 Å². The SMILES string of the molecule is COc1ccc([N+](=O)[O-])cc1Oc1cccc(F)n1. The minimum atomic E-state index is -0.707. The highest BCUT2D eigenvalue weighted by Crippen LogP contribution is 2.33. The normalized spacial score (nSPS) is 10.0. The molecule has 2 rings (SSSR count). The van der Waals surface area contributed by atoms with E-state index in [0.717, 1.165) is 6.07 Å². The average molecular weight is 264 g/mol. The van der Waals surface area contributed by atoms with Gasteiger partial charge in [0.1, 0.15) is 0 Å². The first-order valence-corrected chi connectivity index (χ1v) is 5.23. The average Bonchev–Trinajstić information content (AvgIpc) is 2.38. The number of halogens is 1. The Kier molecular flexibility index (Phi) is 3.56. The van der Waals surface area contributed by atoms with Crippen molar-refractivity contribution in [1.82, 2.24) is 4.98 Å². The fourth-order valence-electron chi connectivity index (χ4n) is 1.42. The van der Waals surface area contributed by atoms with Crippen molar-refractivity contribution in [2.75, 3.05) is 7.11 Å². The molecule has 7 heteroatoms. The van der Waals surface area contributed by atoms with Gasteiger partial charge in [0, 0.05) is 12.1 Å². The number of hydrogen-bond acceptors (Lipinski definition) is 5. The Hall–Kier alpha value is -2.70. The number of methoxy groups -OCH3 is 1. The van der Waals surface area contributed by atoms with Crippen LogP contribution in [0.25, 0.3) is 0 Å². The Labute approximate surface area is 107 Å². The predicted octanol–water partition coefficient (Wildman–Crippen LogP) is 2.93. The topological polar surface area (TPSA) is 74.5 Å². The second-order valence-electron chi connectivity index (χ2n) is 3.49. The largest absolute Gasteiger partial charge is 0.493 e. The molecule has 0 amide bonds. The predicted molar refractivity (Wildman–Crippen MR) is 63.9 cm³/mol. The Balaban J connectivity index is 2.37. The Morgan fingerprint density at radius 1 is 1.26 bits per heavy atom. The van der Waals surface area contributed by atoms with Gasteiger partial charge in [-0.15, -0.1) is 0 Å². The van der Waals surface area contributed by atoms with E-state index in [2.05, 4.69) is 4.98 Å². The van der Waals surface area contributed by atoms with Crippen molar-refractivity contribution >= 4 is 5.69 Å². The van der Waals surface area contributed by atoms with E-state index in [1.165, 1.54) is 37.4 Å². The lowest BCUT2D eigenvalue weighted by atomic mass is 10.3. The number of benzene rings is 1. The summed E-state index contributed by atoms with van der Waals surface area (Å²) in [7, 11) is 1.40. The third-order valence-electron chi connectivity index (χ3n) is 2.26. The first-order chi connectivity index (χ1) is 9.10. The fourth-order valence-corrected chi connectivity index (χ4v) is 1.42. The fraction of sp³-hybridized carbons (Fsp3) is 0.0833. The molecule has 0 aliphatic rings. The van der Waals surface area contributed by atoms with E-state index < -0.39 is 10.9 Å². The molecule has 0 saturated heterocycles. The molecule has 0 aliphatic heterocycles. The molecule has 1 aromatic carbocycles. The van der Waals surface area contributed by atoms with Crippen molar-refractivity contribution in [3.63, 3.8) is 0 Å². The maximum atomic E-state index is 12.9. The molecule has 0 radical (unpaired) electrons. The quantitative estimate of drug-likeness (QED) is 0.482. The molecule has 0 N–H and O–H groups in total. The summed E-state index contributed by atoms with van der Waals surface area (Å²) in [5.74, 6) is -0.341. The van der Waals surface area contributed by atoms with Gasteiger partial charge in [0.2, 0.25) is 11.8 Å². The molecule has 0 atom stereocenters. The summed E-state index contributed by atoms with van der Waals surface area (Å²) < 4.78 is 23.2. The van der Waals surface area contributed by atoms with Crippen LogP contribution in [0.1, 0.15) is 0 Å². The van der Waals surface area contributed by atoms with Crippen LogP contribution in [0.2, 0.25) is 0 Å². The number of rotatable bonds is 4. The lowest BCUT2D eigenvalue weighted by molar-refractivity contribution is -0.384. The van der Waals surface area contributed by atoms with E-state index >= 15 is 0 Å². The Bertz CT molecular complexity index is 618. The molecule has 0 bridgehead atoms. The van der Waals surface area contributed by atoms with Crippen LogP contribution in [0, 0.1) is 16.1 Å². The lowest BCUT2D eigenvalue weighted by Gasteiger charge is -2.09.